The molecule has 1 aromatic rings. The average molecular weight is 281 g/mol. The number of thioether (sulfide) groups is 1. The van der Waals surface area contributed by atoms with Crippen LogP contribution in [0.5, 0.6) is 5.88 Å². The topological polar surface area (TPSA) is 51.4 Å². The third-order valence-corrected chi connectivity index (χ3v) is 3.87. The summed E-state index contributed by atoms with van der Waals surface area (Å²) in [6.45, 7) is 8.10. The zero-order valence-corrected chi connectivity index (χ0v) is 12.8. The van der Waals surface area contributed by atoms with Gasteiger partial charge in [0.05, 0.1) is 5.69 Å². The third kappa shape index (κ3) is 4.20. The van der Waals surface area contributed by atoms with Gasteiger partial charge in [0.25, 0.3) is 0 Å². The van der Waals surface area contributed by atoms with Crippen molar-refractivity contribution in [1.82, 2.24) is 4.98 Å². The van der Waals surface area contributed by atoms with Crippen LogP contribution in [0.25, 0.3) is 0 Å². The van der Waals surface area contributed by atoms with E-state index in [2.05, 4.69) is 9.88 Å². The van der Waals surface area contributed by atoms with Gasteiger partial charge >= 0.3 is 0 Å². The van der Waals surface area contributed by atoms with Crippen molar-refractivity contribution in [2.75, 3.05) is 35.2 Å². The third-order valence-electron chi connectivity index (χ3n) is 2.82. The van der Waals surface area contributed by atoms with Crippen molar-refractivity contribution in [3.05, 3.63) is 12.1 Å². The van der Waals surface area contributed by atoms with Gasteiger partial charge in [0, 0.05) is 18.8 Å². The second-order valence-electron chi connectivity index (χ2n) is 5.73. The molecule has 0 unspecified atom stereocenters. The fourth-order valence-electron chi connectivity index (χ4n) is 1.96. The summed E-state index contributed by atoms with van der Waals surface area (Å²) in [5.41, 5.74) is 6.26. The van der Waals surface area contributed by atoms with E-state index in [1.165, 1.54) is 12.2 Å². The summed E-state index contributed by atoms with van der Waals surface area (Å²) in [7, 11) is 0. The highest BCUT2D eigenvalue weighted by molar-refractivity contribution is 7.99. The minimum absolute atomic E-state index is 0.283. The van der Waals surface area contributed by atoms with Crippen LogP contribution in [0.15, 0.2) is 12.1 Å². The van der Waals surface area contributed by atoms with Crippen LogP contribution < -0.4 is 15.4 Å². The van der Waals surface area contributed by atoms with E-state index in [9.17, 15) is 0 Å². The van der Waals surface area contributed by atoms with Crippen molar-refractivity contribution in [3.8, 4) is 5.88 Å². The number of aromatic nitrogens is 1. The summed E-state index contributed by atoms with van der Waals surface area (Å²) in [5, 5.41) is 0. The van der Waals surface area contributed by atoms with Crippen LogP contribution in [0.2, 0.25) is 0 Å². The highest BCUT2D eigenvalue weighted by Crippen LogP contribution is 2.27. The second-order valence-corrected chi connectivity index (χ2v) is 6.96. The molecule has 2 heterocycles. The fraction of sp³-hybridized carbons (Fsp3) is 0.643. The summed E-state index contributed by atoms with van der Waals surface area (Å²) >= 11 is 2.01. The number of ether oxygens (including phenoxy) is 1. The van der Waals surface area contributed by atoms with Gasteiger partial charge in [-0.05, 0) is 45.1 Å². The molecule has 0 amide bonds. The summed E-state index contributed by atoms with van der Waals surface area (Å²) in [6, 6.07) is 3.88. The van der Waals surface area contributed by atoms with Gasteiger partial charge in [0.2, 0.25) is 5.88 Å². The standard InChI is InChI=1S/C14H23N3OS/c1-14(2,3)18-13-11(15)5-6-12(16-13)17-7-4-9-19-10-8-17/h5-6H,4,7-10,15H2,1-3H3. The van der Waals surface area contributed by atoms with Crippen molar-refractivity contribution in [1.29, 1.82) is 0 Å². The molecule has 19 heavy (non-hydrogen) atoms. The molecular weight excluding hydrogens is 258 g/mol. The first-order chi connectivity index (χ1) is 8.96. The fourth-order valence-corrected chi connectivity index (χ4v) is 2.85. The van der Waals surface area contributed by atoms with Gasteiger partial charge in [-0.2, -0.15) is 16.7 Å². The van der Waals surface area contributed by atoms with E-state index >= 15 is 0 Å². The second kappa shape index (κ2) is 5.90. The monoisotopic (exact) mass is 281 g/mol. The van der Waals surface area contributed by atoms with Crippen molar-refractivity contribution < 1.29 is 4.74 Å². The normalized spacial score (nSPS) is 17.1. The number of nitrogens with zero attached hydrogens (tertiary/aromatic N) is 2. The Morgan fingerprint density at radius 1 is 1.26 bits per heavy atom. The van der Waals surface area contributed by atoms with E-state index in [1.807, 2.05) is 44.7 Å². The molecule has 0 bridgehead atoms. The predicted octanol–water partition coefficient (Wildman–Crippen LogP) is 2.78. The molecule has 0 aliphatic carbocycles. The van der Waals surface area contributed by atoms with Gasteiger partial charge in [-0.3, -0.25) is 0 Å². The van der Waals surface area contributed by atoms with Crippen LogP contribution in [-0.2, 0) is 0 Å². The summed E-state index contributed by atoms with van der Waals surface area (Å²) < 4.78 is 5.83. The summed E-state index contributed by atoms with van der Waals surface area (Å²) in [4.78, 5) is 6.91. The number of hydrogen-bond acceptors (Lipinski definition) is 5. The molecule has 1 aliphatic rings. The van der Waals surface area contributed by atoms with E-state index in [4.69, 9.17) is 10.5 Å². The van der Waals surface area contributed by atoms with Crippen LogP contribution in [0.1, 0.15) is 27.2 Å². The molecule has 1 fully saturated rings. The number of hydrogen-bond donors (Lipinski definition) is 1. The smallest absolute Gasteiger partial charge is 0.239 e. The highest BCUT2D eigenvalue weighted by Gasteiger charge is 2.17. The minimum Gasteiger partial charge on any atom is -0.470 e. The average Bonchev–Trinajstić information content (AvgIpc) is 2.59. The van der Waals surface area contributed by atoms with Gasteiger partial charge in [0.1, 0.15) is 11.4 Å². The molecule has 5 heteroatoms. The van der Waals surface area contributed by atoms with Crippen LogP contribution in [0, 0.1) is 0 Å². The van der Waals surface area contributed by atoms with Gasteiger partial charge in [-0.25, -0.2) is 0 Å². The first-order valence-electron chi connectivity index (χ1n) is 6.74. The van der Waals surface area contributed by atoms with Crippen molar-refractivity contribution >= 4 is 23.3 Å². The molecule has 0 saturated carbocycles. The molecule has 0 radical (unpaired) electrons. The molecule has 1 aromatic heterocycles. The summed E-state index contributed by atoms with van der Waals surface area (Å²) in [5.74, 6) is 3.90. The maximum Gasteiger partial charge on any atom is 0.239 e. The zero-order valence-electron chi connectivity index (χ0n) is 12.0. The number of rotatable bonds is 2. The van der Waals surface area contributed by atoms with E-state index in [-0.39, 0.29) is 5.60 Å². The Hall–Kier alpha value is -1.10. The molecule has 0 spiro atoms. The largest absolute Gasteiger partial charge is 0.470 e. The SMILES string of the molecule is CC(C)(C)Oc1nc(N2CCCSCC2)ccc1N. The Bertz CT molecular complexity index is 423. The minimum atomic E-state index is -0.283. The molecule has 1 saturated heterocycles. The predicted molar refractivity (Wildman–Crippen MR) is 83.2 cm³/mol. The van der Waals surface area contributed by atoms with Crippen molar-refractivity contribution in [2.24, 2.45) is 0 Å². The quantitative estimate of drug-likeness (QED) is 0.903. The van der Waals surface area contributed by atoms with Crippen LogP contribution in [-0.4, -0.2) is 35.2 Å². The lowest BCUT2D eigenvalue weighted by Gasteiger charge is -2.25. The van der Waals surface area contributed by atoms with Crippen molar-refractivity contribution in [2.45, 2.75) is 32.8 Å². The number of nitrogen functional groups attached to an aromatic ring is 1. The van der Waals surface area contributed by atoms with E-state index in [0.717, 1.165) is 24.7 Å². The first kappa shape index (κ1) is 14.3. The Morgan fingerprint density at radius 2 is 2.05 bits per heavy atom. The molecule has 2 N–H and O–H groups in total. The molecule has 0 aromatic carbocycles. The Kier molecular flexibility index (Phi) is 4.45. The maximum absolute atomic E-state index is 5.95. The molecule has 0 atom stereocenters. The Balaban J connectivity index is 2.19. The van der Waals surface area contributed by atoms with Crippen LogP contribution in [0.4, 0.5) is 11.5 Å². The molecule has 1 aliphatic heterocycles. The van der Waals surface area contributed by atoms with Gasteiger partial charge in [-0.1, -0.05) is 0 Å². The number of nitrogens with two attached hydrogens (primary N) is 1. The zero-order chi connectivity index (χ0) is 13.9. The number of pyridine rings is 1. The Morgan fingerprint density at radius 3 is 2.79 bits per heavy atom. The lowest BCUT2D eigenvalue weighted by atomic mass is 10.2. The lowest BCUT2D eigenvalue weighted by Crippen LogP contribution is -2.28. The van der Waals surface area contributed by atoms with Crippen LogP contribution >= 0.6 is 11.8 Å². The first-order valence-corrected chi connectivity index (χ1v) is 7.89. The van der Waals surface area contributed by atoms with Gasteiger partial charge < -0.3 is 15.4 Å². The molecular formula is C14H23N3OS. The number of anilines is 2. The van der Waals surface area contributed by atoms with E-state index in [0.29, 0.717) is 11.6 Å². The molecule has 106 valence electrons. The van der Waals surface area contributed by atoms with Gasteiger partial charge in [0.15, 0.2) is 0 Å². The van der Waals surface area contributed by atoms with Gasteiger partial charge in [-0.15, -0.1) is 0 Å². The van der Waals surface area contributed by atoms with E-state index < -0.39 is 0 Å². The molecule has 4 nitrogen and oxygen atoms in total. The van der Waals surface area contributed by atoms with E-state index in [1.54, 1.807) is 0 Å². The Labute approximate surface area is 119 Å². The highest BCUT2D eigenvalue weighted by atomic mass is 32.2. The molecule has 2 rings (SSSR count). The van der Waals surface area contributed by atoms with Crippen LogP contribution in [0.3, 0.4) is 0 Å². The summed E-state index contributed by atoms with van der Waals surface area (Å²) in [6.07, 6.45) is 1.20. The maximum atomic E-state index is 5.95. The van der Waals surface area contributed by atoms with Crippen molar-refractivity contribution in [3.63, 3.8) is 0 Å². The lowest BCUT2D eigenvalue weighted by molar-refractivity contribution is 0.125.